The van der Waals surface area contributed by atoms with E-state index in [1.165, 1.54) is 15.9 Å². The number of fused-ring (bicyclic) bond motifs is 1. The van der Waals surface area contributed by atoms with Gasteiger partial charge in [-0.3, -0.25) is 4.90 Å². The second kappa shape index (κ2) is 8.48. The van der Waals surface area contributed by atoms with E-state index < -0.39 is 11.6 Å². The molecule has 4 rings (SSSR count). The fourth-order valence-electron chi connectivity index (χ4n) is 3.36. The molecule has 0 fully saturated rings. The summed E-state index contributed by atoms with van der Waals surface area (Å²) in [5, 5.41) is 0. The molecule has 2 amide bonds. The van der Waals surface area contributed by atoms with E-state index in [0.29, 0.717) is 23.6 Å². The first-order valence-electron chi connectivity index (χ1n) is 9.62. The Hall–Kier alpha value is -3.86. The van der Waals surface area contributed by atoms with Crippen molar-refractivity contribution in [1.82, 2.24) is 14.9 Å². The molecule has 0 saturated heterocycles. The molecule has 6 nitrogen and oxygen atoms in total. The molecule has 8 heteroatoms. The van der Waals surface area contributed by atoms with Gasteiger partial charge in [-0.15, -0.1) is 0 Å². The van der Waals surface area contributed by atoms with Gasteiger partial charge in [0.2, 0.25) is 0 Å². The molecule has 0 radical (unpaired) electrons. The molecule has 31 heavy (non-hydrogen) atoms. The Labute approximate surface area is 178 Å². The Morgan fingerprint density at radius 3 is 2.58 bits per heavy atom. The van der Waals surface area contributed by atoms with Gasteiger partial charge >= 0.3 is 6.03 Å². The minimum atomic E-state index is -0.938. The summed E-state index contributed by atoms with van der Waals surface area (Å²) < 4.78 is 31.8. The zero-order valence-corrected chi connectivity index (χ0v) is 17.1. The standard InChI is InChI=1S/C23H20F2N4O2/c1-28-22-20(14-29(23(28)30)13-16-8-11-18(24)19(25)12-16)26-21(27-22)5-3-4-15-6-9-17(31-2)10-7-15/h6-12H,4,13-14H2,1-2H3,(H,26,27). The summed E-state index contributed by atoms with van der Waals surface area (Å²) in [6.07, 6.45) is 0.548. The van der Waals surface area contributed by atoms with Crippen molar-refractivity contribution in [3.63, 3.8) is 0 Å². The highest BCUT2D eigenvalue weighted by Gasteiger charge is 2.30. The number of carbonyl (C=O) groups excluding carboxylic acids is 1. The third kappa shape index (κ3) is 4.36. The molecule has 0 spiro atoms. The molecule has 2 heterocycles. The average Bonchev–Trinajstić information content (AvgIpc) is 3.18. The number of anilines is 1. The van der Waals surface area contributed by atoms with Gasteiger partial charge in [-0.2, -0.15) is 0 Å². The second-order valence-electron chi connectivity index (χ2n) is 7.16. The van der Waals surface area contributed by atoms with Gasteiger partial charge < -0.3 is 14.6 Å². The van der Waals surface area contributed by atoms with Crippen LogP contribution in [0.2, 0.25) is 0 Å². The molecular weight excluding hydrogens is 402 g/mol. The number of benzene rings is 2. The molecule has 0 aliphatic carbocycles. The third-order valence-electron chi connectivity index (χ3n) is 5.00. The van der Waals surface area contributed by atoms with E-state index in [0.717, 1.165) is 29.1 Å². The molecule has 1 aliphatic rings. The zero-order chi connectivity index (χ0) is 22.0. The number of amides is 2. The lowest BCUT2D eigenvalue weighted by Crippen LogP contribution is -2.44. The van der Waals surface area contributed by atoms with Gasteiger partial charge in [0.1, 0.15) is 5.75 Å². The van der Waals surface area contributed by atoms with Crippen LogP contribution in [0.4, 0.5) is 19.4 Å². The number of imidazole rings is 1. The van der Waals surface area contributed by atoms with Crippen LogP contribution in [0.3, 0.4) is 0 Å². The van der Waals surface area contributed by atoms with Crippen LogP contribution in [0.15, 0.2) is 42.5 Å². The van der Waals surface area contributed by atoms with Gasteiger partial charge in [0.25, 0.3) is 0 Å². The lowest BCUT2D eigenvalue weighted by molar-refractivity contribution is 0.196. The summed E-state index contributed by atoms with van der Waals surface area (Å²) in [4.78, 5) is 23.2. The van der Waals surface area contributed by atoms with E-state index >= 15 is 0 Å². The Morgan fingerprint density at radius 2 is 1.87 bits per heavy atom. The molecule has 1 aliphatic heterocycles. The largest absolute Gasteiger partial charge is 0.497 e. The molecule has 0 saturated carbocycles. The van der Waals surface area contributed by atoms with E-state index in [1.54, 1.807) is 14.2 Å². The molecule has 1 N–H and O–H groups in total. The number of nitrogens with zero attached hydrogens (tertiary/aromatic N) is 3. The number of aromatic amines is 1. The number of nitrogens with one attached hydrogen (secondary N) is 1. The maximum atomic E-state index is 13.5. The summed E-state index contributed by atoms with van der Waals surface area (Å²) >= 11 is 0. The van der Waals surface area contributed by atoms with E-state index in [2.05, 4.69) is 21.8 Å². The van der Waals surface area contributed by atoms with E-state index in [4.69, 9.17) is 4.74 Å². The molecule has 0 unspecified atom stereocenters. The number of rotatable bonds is 4. The first-order valence-corrected chi connectivity index (χ1v) is 9.62. The highest BCUT2D eigenvalue weighted by Crippen LogP contribution is 2.26. The van der Waals surface area contributed by atoms with Crippen LogP contribution >= 0.6 is 0 Å². The van der Waals surface area contributed by atoms with Crippen molar-refractivity contribution >= 4 is 11.8 Å². The minimum absolute atomic E-state index is 0.150. The smallest absolute Gasteiger partial charge is 0.326 e. The number of methoxy groups -OCH3 is 1. The monoisotopic (exact) mass is 422 g/mol. The number of hydrogen-bond donors (Lipinski definition) is 1. The Balaban J connectivity index is 1.48. The summed E-state index contributed by atoms with van der Waals surface area (Å²) in [6.45, 7) is 0.419. The normalized spacial score (nSPS) is 13.0. The van der Waals surface area contributed by atoms with Gasteiger partial charge in [-0.25, -0.2) is 18.6 Å². The number of halogens is 2. The van der Waals surface area contributed by atoms with Crippen LogP contribution in [0.5, 0.6) is 5.75 Å². The summed E-state index contributed by atoms with van der Waals surface area (Å²) in [7, 11) is 3.24. The number of H-pyrrole nitrogens is 1. The zero-order valence-electron chi connectivity index (χ0n) is 17.1. The van der Waals surface area contributed by atoms with Crippen LogP contribution in [0.1, 0.15) is 22.6 Å². The average molecular weight is 422 g/mol. The van der Waals surface area contributed by atoms with E-state index in [1.807, 2.05) is 24.3 Å². The molecule has 0 atom stereocenters. The summed E-state index contributed by atoms with van der Waals surface area (Å²) in [6, 6.07) is 11.0. The lowest BCUT2D eigenvalue weighted by Gasteiger charge is -2.32. The predicted octanol–water partition coefficient (Wildman–Crippen LogP) is 3.86. The van der Waals surface area contributed by atoms with Crippen molar-refractivity contribution in [1.29, 1.82) is 0 Å². The fourth-order valence-corrected chi connectivity index (χ4v) is 3.36. The van der Waals surface area contributed by atoms with Gasteiger partial charge in [-0.1, -0.05) is 24.1 Å². The maximum Gasteiger partial charge on any atom is 0.326 e. The number of hydrogen-bond acceptors (Lipinski definition) is 3. The molecule has 0 bridgehead atoms. The van der Waals surface area contributed by atoms with Gasteiger partial charge in [0.15, 0.2) is 23.3 Å². The SMILES string of the molecule is COc1ccc(CC#Cc2nc3c([nH]2)CN(Cc2ccc(F)c(F)c2)C(=O)N3C)cc1. The van der Waals surface area contributed by atoms with Crippen molar-refractivity contribution in [2.75, 3.05) is 19.1 Å². The van der Waals surface area contributed by atoms with Crippen molar-refractivity contribution in [3.8, 4) is 17.6 Å². The summed E-state index contributed by atoms with van der Waals surface area (Å²) in [5.41, 5.74) is 2.29. The van der Waals surface area contributed by atoms with Crippen molar-refractivity contribution in [2.45, 2.75) is 19.5 Å². The van der Waals surface area contributed by atoms with E-state index in [9.17, 15) is 13.6 Å². The third-order valence-corrected chi connectivity index (χ3v) is 5.00. The van der Waals surface area contributed by atoms with E-state index in [-0.39, 0.29) is 19.1 Å². The van der Waals surface area contributed by atoms with Gasteiger partial charge in [0, 0.05) is 20.0 Å². The van der Waals surface area contributed by atoms with Crippen LogP contribution < -0.4 is 9.64 Å². The van der Waals surface area contributed by atoms with Crippen molar-refractivity contribution in [2.24, 2.45) is 0 Å². The molecule has 1 aromatic heterocycles. The molecular formula is C23H20F2N4O2. The van der Waals surface area contributed by atoms with Crippen LogP contribution in [0.25, 0.3) is 0 Å². The topological polar surface area (TPSA) is 61.5 Å². The summed E-state index contributed by atoms with van der Waals surface area (Å²) in [5.74, 6) is 5.98. The fraction of sp³-hybridized carbons (Fsp3) is 0.217. The first kappa shape index (κ1) is 20.4. The molecule has 158 valence electrons. The lowest BCUT2D eigenvalue weighted by atomic mass is 10.1. The van der Waals surface area contributed by atoms with Crippen molar-refractivity contribution in [3.05, 3.63) is 76.7 Å². The highest BCUT2D eigenvalue weighted by molar-refractivity contribution is 5.93. The quantitative estimate of drug-likeness (QED) is 0.650. The maximum absolute atomic E-state index is 13.5. The van der Waals surface area contributed by atoms with Crippen molar-refractivity contribution < 1.29 is 18.3 Å². The van der Waals surface area contributed by atoms with Crippen LogP contribution in [-0.4, -0.2) is 35.1 Å². The number of ether oxygens (including phenoxy) is 1. The first-order chi connectivity index (χ1) is 14.9. The van der Waals surface area contributed by atoms with Gasteiger partial charge in [0.05, 0.1) is 19.3 Å². The van der Waals surface area contributed by atoms with Crippen LogP contribution in [0, 0.1) is 23.5 Å². The van der Waals surface area contributed by atoms with Gasteiger partial charge in [-0.05, 0) is 41.3 Å². The highest BCUT2D eigenvalue weighted by atomic mass is 19.2. The molecule has 3 aromatic rings. The number of urea groups is 1. The predicted molar refractivity (Wildman–Crippen MR) is 112 cm³/mol. The Morgan fingerprint density at radius 1 is 1.13 bits per heavy atom. The number of aromatic nitrogens is 2. The Bertz CT molecular complexity index is 1180. The van der Waals surface area contributed by atoms with Crippen LogP contribution in [-0.2, 0) is 19.5 Å². The molecule has 2 aromatic carbocycles. The number of carbonyl (C=O) groups is 1. The minimum Gasteiger partial charge on any atom is -0.497 e. The second-order valence-corrected chi connectivity index (χ2v) is 7.16. The Kier molecular flexibility index (Phi) is 5.58.